The summed E-state index contributed by atoms with van der Waals surface area (Å²) in [6.45, 7) is 0.783. The summed E-state index contributed by atoms with van der Waals surface area (Å²) in [6.07, 6.45) is 4.07. The van der Waals surface area contributed by atoms with Gasteiger partial charge in [-0.3, -0.25) is 14.6 Å². The molecule has 124 valence electrons. The zero-order valence-electron chi connectivity index (χ0n) is 13.0. The Bertz CT molecular complexity index is 853. The molecule has 2 atom stereocenters. The molecule has 2 aromatic rings. The number of hydrogen-bond donors (Lipinski definition) is 1. The summed E-state index contributed by atoms with van der Waals surface area (Å²) in [5.41, 5.74) is 0.276. The fourth-order valence-corrected chi connectivity index (χ4v) is 4.49. The Morgan fingerprint density at radius 2 is 2.17 bits per heavy atom. The topological polar surface area (TPSA) is 70.5 Å². The van der Waals surface area contributed by atoms with Crippen LogP contribution in [0.2, 0.25) is 5.02 Å². The SMILES string of the molecule is O=C(c1ccc(Cl)c2cccnc12)N1C[C@@H]2CCC[C@@]2(C(=O)O)C1. The number of aromatic nitrogens is 1. The van der Waals surface area contributed by atoms with Crippen LogP contribution in [0.1, 0.15) is 29.6 Å². The summed E-state index contributed by atoms with van der Waals surface area (Å²) in [5.74, 6) is -0.893. The Labute approximate surface area is 144 Å². The highest BCUT2D eigenvalue weighted by Crippen LogP contribution is 2.49. The molecule has 1 saturated heterocycles. The van der Waals surface area contributed by atoms with E-state index in [0.717, 1.165) is 18.2 Å². The van der Waals surface area contributed by atoms with E-state index < -0.39 is 11.4 Å². The van der Waals surface area contributed by atoms with Crippen molar-refractivity contribution >= 4 is 34.4 Å². The van der Waals surface area contributed by atoms with Crippen molar-refractivity contribution in [2.45, 2.75) is 19.3 Å². The third kappa shape index (κ3) is 2.11. The first kappa shape index (κ1) is 15.4. The van der Waals surface area contributed by atoms with Crippen LogP contribution in [-0.2, 0) is 4.79 Å². The minimum absolute atomic E-state index is 0.0467. The Balaban J connectivity index is 1.71. The third-order valence-electron chi connectivity index (χ3n) is 5.53. The van der Waals surface area contributed by atoms with Crippen LogP contribution < -0.4 is 0 Å². The van der Waals surface area contributed by atoms with Crippen LogP contribution >= 0.6 is 11.6 Å². The van der Waals surface area contributed by atoms with Crippen LogP contribution in [0.3, 0.4) is 0 Å². The van der Waals surface area contributed by atoms with Crippen molar-refractivity contribution in [1.82, 2.24) is 9.88 Å². The summed E-state index contributed by atoms with van der Waals surface area (Å²) >= 11 is 6.19. The van der Waals surface area contributed by atoms with Gasteiger partial charge in [0.05, 0.1) is 21.5 Å². The average Bonchev–Trinajstić information content (AvgIpc) is 3.13. The minimum atomic E-state index is -0.778. The van der Waals surface area contributed by atoms with Gasteiger partial charge in [-0.15, -0.1) is 0 Å². The van der Waals surface area contributed by atoms with Gasteiger partial charge in [0.15, 0.2) is 0 Å². The number of carboxylic acid groups (broad SMARTS) is 1. The van der Waals surface area contributed by atoms with Gasteiger partial charge in [0.2, 0.25) is 0 Å². The molecule has 0 bridgehead atoms. The van der Waals surface area contributed by atoms with Crippen LogP contribution in [0, 0.1) is 11.3 Å². The number of nitrogens with zero attached hydrogens (tertiary/aromatic N) is 2. The number of rotatable bonds is 2. The van der Waals surface area contributed by atoms with Crippen LogP contribution in [0.15, 0.2) is 30.5 Å². The van der Waals surface area contributed by atoms with Crippen LogP contribution in [0.25, 0.3) is 10.9 Å². The molecule has 1 aliphatic carbocycles. The summed E-state index contributed by atoms with van der Waals surface area (Å²) < 4.78 is 0. The second-order valence-electron chi connectivity index (χ2n) is 6.73. The van der Waals surface area contributed by atoms with Gasteiger partial charge in [-0.1, -0.05) is 18.0 Å². The summed E-state index contributed by atoms with van der Waals surface area (Å²) in [6, 6.07) is 6.99. The van der Waals surface area contributed by atoms with Crippen molar-refractivity contribution in [2.24, 2.45) is 11.3 Å². The third-order valence-corrected chi connectivity index (χ3v) is 5.86. The van der Waals surface area contributed by atoms with Gasteiger partial charge in [-0.25, -0.2) is 0 Å². The molecule has 1 amide bonds. The molecule has 0 unspecified atom stereocenters. The number of carbonyl (C=O) groups is 2. The van der Waals surface area contributed by atoms with Gasteiger partial charge in [0, 0.05) is 24.7 Å². The summed E-state index contributed by atoms with van der Waals surface area (Å²) in [4.78, 5) is 30.8. The summed E-state index contributed by atoms with van der Waals surface area (Å²) in [5, 5.41) is 11.0. The molecule has 1 aromatic heterocycles. The van der Waals surface area contributed by atoms with Crippen molar-refractivity contribution in [2.75, 3.05) is 13.1 Å². The van der Waals surface area contributed by atoms with Crippen LogP contribution in [0.4, 0.5) is 0 Å². The van der Waals surface area contributed by atoms with Crippen molar-refractivity contribution in [3.63, 3.8) is 0 Å². The predicted molar refractivity (Wildman–Crippen MR) is 90.1 cm³/mol. The highest BCUT2D eigenvalue weighted by atomic mass is 35.5. The van der Waals surface area contributed by atoms with E-state index in [1.807, 2.05) is 6.07 Å². The number of aliphatic carboxylic acids is 1. The molecule has 24 heavy (non-hydrogen) atoms. The number of carbonyl (C=O) groups excluding carboxylic acids is 1. The van der Waals surface area contributed by atoms with E-state index in [0.29, 0.717) is 29.1 Å². The number of hydrogen-bond acceptors (Lipinski definition) is 3. The molecule has 1 aromatic carbocycles. The van der Waals surface area contributed by atoms with Gasteiger partial charge < -0.3 is 10.0 Å². The molecular weight excluding hydrogens is 328 g/mol. The van der Waals surface area contributed by atoms with Crippen LogP contribution in [-0.4, -0.2) is 40.0 Å². The first-order valence-corrected chi connectivity index (χ1v) is 8.46. The molecule has 2 fully saturated rings. The maximum atomic E-state index is 13.0. The molecular formula is C18H17ClN2O3. The maximum absolute atomic E-state index is 13.0. The molecule has 4 rings (SSSR count). The highest BCUT2D eigenvalue weighted by Gasteiger charge is 2.55. The van der Waals surface area contributed by atoms with Gasteiger partial charge in [-0.2, -0.15) is 0 Å². The molecule has 2 aliphatic rings. The van der Waals surface area contributed by atoms with E-state index in [9.17, 15) is 14.7 Å². The Morgan fingerprint density at radius 3 is 2.92 bits per heavy atom. The summed E-state index contributed by atoms with van der Waals surface area (Å²) in [7, 11) is 0. The number of fused-ring (bicyclic) bond motifs is 2. The average molecular weight is 345 g/mol. The Kier molecular flexibility index (Phi) is 3.49. The Morgan fingerprint density at radius 1 is 1.33 bits per heavy atom. The lowest BCUT2D eigenvalue weighted by Gasteiger charge is -2.23. The number of halogens is 1. The fourth-order valence-electron chi connectivity index (χ4n) is 4.27. The molecule has 2 heterocycles. The van der Waals surface area contributed by atoms with Crippen molar-refractivity contribution in [3.8, 4) is 0 Å². The molecule has 0 radical (unpaired) electrons. The highest BCUT2D eigenvalue weighted by molar-refractivity contribution is 6.36. The standard InChI is InChI=1S/C18H17ClN2O3/c19-14-6-5-13(15-12(14)4-2-8-20-15)16(22)21-9-11-3-1-7-18(11,10-21)17(23)24/h2,4-6,8,11H,1,3,7,9-10H2,(H,23,24)/t11-,18+/m0/s1. The van der Waals surface area contributed by atoms with Crippen molar-refractivity contribution < 1.29 is 14.7 Å². The lowest BCUT2D eigenvalue weighted by atomic mass is 9.81. The van der Waals surface area contributed by atoms with Gasteiger partial charge in [-0.05, 0) is 43.0 Å². The zero-order chi connectivity index (χ0) is 16.9. The van der Waals surface area contributed by atoms with E-state index >= 15 is 0 Å². The molecule has 5 nitrogen and oxygen atoms in total. The molecule has 1 saturated carbocycles. The number of pyridine rings is 1. The number of carboxylic acids is 1. The molecule has 1 N–H and O–H groups in total. The smallest absolute Gasteiger partial charge is 0.311 e. The van der Waals surface area contributed by atoms with Gasteiger partial charge in [0.1, 0.15) is 0 Å². The zero-order valence-corrected chi connectivity index (χ0v) is 13.8. The second kappa shape index (κ2) is 5.45. The minimum Gasteiger partial charge on any atom is -0.481 e. The lowest BCUT2D eigenvalue weighted by Crippen LogP contribution is -2.37. The van der Waals surface area contributed by atoms with E-state index in [2.05, 4.69) is 4.98 Å². The van der Waals surface area contributed by atoms with E-state index in [4.69, 9.17) is 11.6 Å². The van der Waals surface area contributed by atoms with Crippen molar-refractivity contribution in [1.29, 1.82) is 0 Å². The number of benzene rings is 1. The molecule has 1 aliphatic heterocycles. The Hall–Kier alpha value is -2.14. The van der Waals surface area contributed by atoms with Crippen molar-refractivity contribution in [3.05, 3.63) is 41.0 Å². The number of likely N-dealkylation sites (tertiary alicyclic amines) is 1. The maximum Gasteiger partial charge on any atom is 0.311 e. The largest absolute Gasteiger partial charge is 0.481 e. The molecule has 6 heteroatoms. The van der Waals surface area contributed by atoms with E-state index in [1.165, 1.54) is 0 Å². The fraction of sp³-hybridized carbons (Fsp3) is 0.389. The quantitative estimate of drug-likeness (QED) is 0.908. The van der Waals surface area contributed by atoms with Gasteiger partial charge in [0.25, 0.3) is 5.91 Å². The van der Waals surface area contributed by atoms with Crippen LogP contribution in [0.5, 0.6) is 0 Å². The molecule has 0 spiro atoms. The van der Waals surface area contributed by atoms with Gasteiger partial charge >= 0.3 is 5.97 Å². The predicted octanol–water partition coefficient (Wildman–Crippen LogP) is 3.22. The first-order valence-electron chi connectivity index (χ1n) is 8.09. The normalized spacial score (nSPS) is 25.9. The number of amides is 1. The van der Waals surface area contributed by atoms with E-state index in [1.54, 1.807) is 29.3 Å². The van der Waals surface area contributed by atoms with E-state index in [-0.39, 0.29) is 18.4 Å². The second-order valence-corrected chi connectivity index (χ2v) is 7.14. The monoisotopic (exact) mass is 344 g/mol. The lowest BCUT2D eigenvalue weighted by molar-refractivity contribution is -0.149. The first-order chi connectivity index (χ1) is 11.5.